The maximum atomic E-state index is 13.2. The monoisotopic (exact) mass is 308 g/mol. The molecule has 1 atom stereocenters. The minimum absolute atomic E-state index is 0.0756. The molecule has 0 saturated carbocycles. The summed E-state index contributed by atoms with van der Waals surface area (Å²) in [7, 11) is 0. The Labute approximate surface area is 119 Å². The summed E-state index contributed by atoms with van der Waals surface area (Å²) in [6.45, 7) is 4.32. The van der Waals surface area contributed by atoms with Crippen LogP contribution in [0.15, 0.2) is 18.2 Å². The van der Waals surface area contributed by atoms with Gasteiger partial charge in [0.25, 0.3) is 0 Å². The van der Waals surface area contributed by atoms with Gasteiger partial charge in [-0.25, -0.2) is 4.39 Å². The number of hydrogen-bond acceptors (Lipinski definition) is 3. The lowest BCUT2D eigenvalue weighted by Crippen LogP contribution is -2.33. The molecule has 1 N–H and O–H groups in total. The van der Waals surface area contributed by atoms with Crippen LogP contribution in [0.3, 0.4) is 0 Å². The summed E-state index contributed by atoms with van der Waals surface area (Å²) < 4.78 is 56.0. The molecule has 0 aliphatic carbocycles. The normalized spacial score (nSPS) is 13.9. The highest BCUT2D eigenvalue weighted by atomic mass is 19.4. The fraction of sp³-hybridized carbons (Fsp3) is 0.500. The Bertz CT molecular complexity index is 523. The van der Waals surface area contributed by atoms with Crippen LogP contribution in [0.1, 0.15) is 38.0 Å². The van der Waals surface area contributed by atoms with Crippen molar-refractivity contribution in [3.8, 4) is 0 Å². The van der Waals surface area contributed by atoms with Gasteiger partial charge in [-0.2, -0.15) is 13.2 Å². The molecule has 1 aromatic rings. The zero-order chi connectivity index (χ0) is 16.4. The van der Waals surface area contributed by atoms with Gasteiger partial charge in [-0.05, 0) is 38.5 Å². The Morgan fingerprint density at radius 1 is 1.33 bits per heavy atom. The first-order chi connectivity index (χ1) is 9.51. The Balaban J connectivity index is 3.19. The highest BCUT2D eigenvalue weighted by molar-refractivity contribution is 5.77. The quantitative estimate of drug-likeness (QED) is 0.684. The lowest BCUT2D eigenvalue weighted by molar-refractivity contribution is -0.160. The van der Waals surface area contributed by atoms with Crippen molar-refractivity contribution >= 4 is 5.97 Å². The number of halogens is 4. The molecule has 0 aliphatic rings. The van der Waals surface area contributed by atoms with E-state index in [1.165, 1.54) is 13.8 Å². The Hall–Kier alpha value is -1.63. The topological polar surface area (TPSA) is 46.5 Å². The van der Waals surface area contributed by atoms with Crippen molar-refractivity contribution < 1.29 is 32.2 Å². The van der Waals surface area contributed by atoms with Gasteiger partial charge in [-0.1, -0.05) is 6.07 Å². The summed E-state index contributed by atoms with van der Waals surface area (Å²) in [6, 6.07) is 2.12. The van der Waals surface area contributed by atoms with Crippen molar-refractivity contribution in [1.82, 2.24) is 0 Å². The highest BCUT2D eigenvalue weighted by Crippen LogP contribution is 2.38. The number of aliphatic hydroxyl groups excluding tert-OH is 1. The van der Waals surface area contributed by atoms with Crippen LogP contribution in [0.5, 0.6) is 0 Å². The fourth-order valence-electron chi connectivity index (χ4n) is 1.78. The molecule has 1 rings (SSSR count). The molecule has 0 spiro atoms. The number of alkyl halides is 3. The Kier molecular flexibility index (Phi) is 4.99. The van der Waals surface area contributed by atoms with Gasteiger partial charge in [-0.15, -0.1) is 0 Å². The third-order valence-corrected chi connectivity index (χ3v) is 3.10. The molecule has 0 bridgehead atoms. The second-order valence-electron chi connectivity index (χ2n) is 5.08. The first kappa shape index (κ1) is 17.4. The molecule has 0 aromatic heterocycles. The number of benzene rings is 1. The summed E-state index contributed by atoms with van der Waals surface area (Å²) in [5, 5.41) is 10.1. The predicted octanol–water partition coefficient (Wildman–Crippen LogP) is 3.47. The van der Waals surface area contributed by atoms with Crippen molar-refractivity contribution in [2.24, 2.45) is 5.41 Å². The van der Waals surface area contributed by atoms with E-state index in [2.05, 4.69) is 0 Å². The van der Waals surface area contributed by atoms with E-state index >= 15 is 0 Å². The van der Waals surface area contributed by atoms with Crippen molar-refractivity contribution in [2.75, 3.05) is 6.61 Å². The van der Waals surface area contributed by atoms with Crippen molar-refractivity contribution in [2.45, 2.75) is 33.1 Å². The molecule has 118 valence electrons. The molecule has 3 nitrogen and oxygen atoms in total. The van der Waals surface area contributed by atoms with Crippen LogP contribution in [-0.4, -0.2) is 17.7 Å². The molecule has 0 fully saturated rings. The first-order valence-corrected chi connectivity index (χ1v) is 6.23. The lowest BCUT2D eigenvalue weighted by atomic mass is 9.82. The Morgan fingerprint density at radius 3 is 2.38 bits per heavy atom. The minimum atomic E-state index is -4.88. The summed E-state index contributed by atoms with van der Waals surface area (Å²) in [4.78, 5) is 11.7. The van der Waals surface area contributed by atoms with Crippen LogP contribution >= 0.6 is 0 Å². The lowest BCUT2D eigenvalue weighted by Gasteiger charge is -2.28. The van der Waals surface area contributed by atoms with E-state index in [0.29, 0.717) is 12.1 Å². The molecule has 0 radical (unpaired) electrons. The van der Waals surface area contributed by atoms with E-state index in [4.69, 9.17) is 4.74 Å². The van der Waals surface area contributed by atoms with Gasteiger partial charge in [0.1, 0.15) is 5.82 Å². The molecular weight excluding hydrogens is 292 g/mol. The van der Waals surface area contributed by atoms with Crippen LogP contribution in [0.4, 0.5) is 17.6 Å². The van der Waals surface area contributed by atoms with Gasteiger partial charge < -0.3 is 9.84 Å². The number of carbonyl (C=O) groups is 1. The highest BCUT2D eigenvalue weighted by Gasteiger charge is 2.40. The van der Waals surface area contributed by atoms with Gasteiger partial charge >= 0.3 is 12.1 Å². The number of rotatable bonds is 4. The van der Waals surface area contributed by atoms with Crippen molar-refractivity contribution in [3.63, 3.8) is 0 Å². The molecule has 1 unspecified atom stereocenters. The standard InChI is InChI=1S/C14H16F4O3/c1-4-21-12(20)13(2,3)11(19)8-5-6-10(15)9(7-8)14(16,17)18/h5-7,11,19H,4H2,1-3H3. The van der Waals surface area contributed by atoms with E-state index in [1.807, 2.05) is 0 Å². The van der Waals surface area contributed by atoms with Crippen molar-refractivity contribution in [1.29, 1.82) is 0 Å². The van der Waals surface area contributed by atoms with E-state index in [9.17, 15) is 27.5 Å². The zero-order valence-corrected chi connectivity index (χ0v) is 11.8. The number of carbonyl (C=O) groups excluding carboxylic acids is 1. The third-order valence-electron chi connectivity index (χ3n) is 3.10. The van der Waals surface area contributed by atoms with Crippen LogP contribution in [-0.2, 0) is 15.7 Å². The van der Waals surface area contributed by atoms with Crippen molar-refractivity contribution in [3.05, 3.63) is 35.1 Å². The second-order valence-corrected chi connectivity index (χ2v) is 5.08. The van der Waals surface area contributed by atoms with Gasteiger partial charge in [0.15, 0.2) is 0 Å². The average Bonchev–Trinajstić information content (AvgIpc) is 2.37. The van der Waals surface area contributed by atoms with E-state index < -0.39 is 35.0 Å². The van der Waals surface area contributed by atoms with Gasteiger partial charge in [-0.3, -0.25) is 4.79 Å². The molecule has 1 aromatic carbocycles. The molecule has 7 heteroatoms. The zero-order valence-electron chi connectivity index (χ0n) is 11.8. The maximum Gasteiger partial charge on any atom is 0.419 e. The van der Waals surface area contributed by atoms with Crippen LogP contribution in [0.25, 0.3) is 0 Å². The molecule has 0 aliphatic heterocycles. The summed E-state index contributed by atoms with van der Waals surface area (Å²) in [5.74, 6) is -2.19. The fourth-order valence-corrected chi connectivity index (χ4v) is 1.78. The number of esters is 1. The van der Waals surface area contributed by atoms with Crippen LogP contribution < -0.4 is 0 Å². The summed E-state index contributed by atoms with van der Waals surface area (Å²) in [6.07, 6.45) is -6.44. The smallest absolute Gasteiger partial charge is 0.419 e. The van der Waals surface area contributed by atoms with E-state index in [-0.39, 0.29) is 12.2 Å². The van der Waals surface area contributed by atoms with Crippen LogP contribution in [0, 0.1) is 11.2 Å². The van der Waals surface area contributed by atoms with E-state index in [1.54, 1.807) is 6.92 Å². The number of aliphatic hydroxyl groups is 1. The summed E-state index contributed by atoms with van der Waals surface area (Å²) >= 11 is 0. The largest absolute Gasteiger partial charge is 0.465 e. The Morgan fingerprint density at radius 2 is 1.90 bits per heavy atom. The molecular formula is C14H16F4O3. The maximum absolute atomic E-state index is 13.2. The predicted molar refractivity (Wildman–Crippen MR) is 66.8 cm³/mol. The first-order valence-electron chi connectivity index (χ1n) is 6.23. The van der Waals surface area contributed by atoms with E-state index in [0.717, 1.165) is 6.07 Å². The third kappa shape index (κ3) is 3.72. The van der Waals surface area contributed by atoms with Gasteiger partial charge in [0.05, 0.1) is 23.7 Å². The minimum Gasteiger partial charge on any atom is -0.465 e. The second kappa shape index (κ2) is 6.01. The molecule has 0 saturated heterocycles. The molecule has 0 heterocycles. The SMILES string of the molecule is CCOC(=O)C(C)(C)C(O)c1ccc(F)c(C(F)(F)F)c1. The van der Waals surface area contributed by atoms with Gasteiger partial charge in [0.2, 0.25) is 0 Å². The number of ether oxygens (including phenoxy) is 1. The summed E-state index contributed by atoms with van der Waals surface area (Å²) in [5.41, 5.74) is -3.16. The average molecular weight is 308 g/mol. The number of hydrogen-bond donors (Lipinski definition) is 1. The molecule has 21 heavy (non-hydrogen) atoms. The van der Waals surface area contributed by atoms with Gasteiger partial charge in [0, 0.05) is 0 Å². The molecule has 0 amide bonds. The van der Waals surface area contributed by atoms with Crippen LogP contribution in [0.2, 0.25) is 0 Å².